The molecule has 0 bridgehead atoms. The van der Waals surface area contributed by atoms with Crippen LogP contribution in [0.15, 0.2) is 41.0 Å². The second-order valence-electron chi connectivity index (χ2n) is 3.42. The summed E-state index contributed by atoms with van der Waals surface area (Å²) in [5.74, 6) is -0.439. The Morgan fingerprint density at radius 2 is 2.12 bits per heavy atom. The lowest BCUT2D eigenvalue weighted by molar-refractivity contribution is 0.630. The van der Waals surface area contributed by atoms with E-state index in [0.29, 0.717) is 12.2 Å². The highest BCUT2D eigenvalue weighted by atomic mass is 79.9. The molecule has 0 aliphatic rings. The Balaban J connectivity index is 2.07. The third kappa shape index (κ3) is 3.17. The van der Waals surface area contributed by atoms with Crippen LogP contribution in [0.25, 0.3) is 0 Å². The highest BCUT2D eigenvalue weighted by Gasteiger charge is 2.05. The maximum Gasteiger partial charge on any atom is 0.164 e. The van der Waals surface area contributed by atoms with Gasteiger partial charge < -0.3 is 5.32 Å². The van der Waals surface area contributed by atoms with Crippen molar-refractivity contribution in [2.75, 3.05) is 5.32 Å². The van der Waals surface area contributed by atoms with Crippen LogP contribution in [-0.4, -0.2) is 4.98 Å². The third-order valence-corrected chi connectivity index (χ3v) is 2.96. The number of rotatable bonds is 3. The van der Waals surface area contributed by atoms with Crippen molar-refractivity contribution in [2.24, 2.45) is 0 Å². The smallest absolute Gasteiger partial charge is 0.164 e. The average Bonchev–Trinajstić information content (AvgIpc) is 2.33. The highest BCUT2D eigenvalue weighted by molar-refractivity contribution is 9.10. The van der Waals surface area contributed by atoms with Crippen LogP contribution >= 0.6 is 27.5 Å². The molecule has 0 spiro atoms. The van der Waals surface area contributed by atoms with Crippen LogP contribution in [0.2, 0.25) is 5.02 Å². The molecule has 2 rings (SSSR count). The monoisotopic (exact) mass is 314 g/mol. The minimum absolute atomic E-state index is 0.110. The Kier molecular flexibility index (Phi) is 3.97. The fourth-order valence-corrected chi connectivity index (χ4v) is 1.75. The van der Waals surface area contributed by atoms with E-state index < -0.39 is 5.82 Å². The van der Waals surface area contributed by atoms with E-state index >= 15 is 0 Å². The quantitative estimate of drug-likeness (QED) is 0.916. The largest absolute Gasteiger partial charge is 0.377 e. The number of benzene rings is 1. The van der Waals surface area contributed by atoms with Crippen LogP contribution in [-0.2, 0) is 6.54 Å². The lowest BCUT2D eigenvalue weighted by atomic mass is 10.3. The molecule has 0 aliphatic carbocycles. The fraction of sp³-hybridized carbons (Fsp3) is 0.0833. The zero-order valence-corrected chi connectivity index (χ0v) is 11.1. The molecular formula is C12H9BrClFN2. The van der Waals surface area contributed by atoms with Crippen LogP contribution in [0.1, 0.15) is 5.69 Å². The zero-order valence-electron chi connectivity index (χ0n) is 8.75. The summed E-state index contributed by atoms with van der Waals surface area (Å²) >= 11 is 8.98. The topological polar surface area (TPSA) is 24.9 Å². The number of nitrogens with zero attached hydrogens (tertiary/aromatic N) is 1. The van der Waals surface area contributed by atoms with Gasteiger partial charge in [-0.2, -0.15) is 0 Å². The number of anilines is 1. The number of halogens is 3. The average molecular weight is 316 g/mol. The van der Waals surface area contributed by atoms with E-state index in [1.54, 1.807) is 18.3 Å². The highest BCUT2D eigenvalue weighted by Crippen LogP contribution is 2.22. The van der Waals surface area contributed by atoms with Gasteiger partial charge in [0.1, 0.15) is 0 Å². The minimum Gasteiger partial charge on any atom is -0.377 e. The summed E-state index contributed by atoms with van der Waals surface area (Å²) < 4.78 is 14.5. The van der Waals surface area contributed by atoms with Gasteiger partial charge >= 0.3 is 0 Å². The first kappa shape index (κ1) is 12.3. The number of aromatic nitrogens is 1. The maximum atomic E-state index is 13.5. The summed E-state index contributed by atoms with van der Waals surface area (Å²) in [7, 11) is 0. The van der Waals surface area contributed by atoms with Gasteiger partial charge in [-0.25, -0.2) is 4.39 Å². The molecule has 0 saturated heterocycles. The van der Waals surface area contributed by atoms with Gasteiger partial charge in [0.25, 0.3) is 0 Å². The van der Waals surface area contributed by atoms with E-state index in [1.807, 2.05) is 12.1 Å². The molecule has 0 unspecified atom stereocenters. The van der Waals surface area contributed by atoms with Gasteiger partial charge in [-0.1, -0.05) is 17.7 Å². The summed E-state index contributed by atoms with van der Waals surface area (Å²) in [6, 6.07) is 8.60. The van der Waals surface area contributed by atoms with Crippen molar-refractivity contribution >= 4 is 33.2 Å². The molecule has 1 aromatic carbocycles. The zero-order chi connectivity index (χ0) is 12.3. The molecule has 1 aromatic heterocycles. The second kappa shape index (κ2) is 5.47. The molecular weight excluding hydrogens is 307 g/mol. The fourth-order valence-electron chi connectivity index (χ4n) is 1.34. The molecule has 2 aromatic rings. The Morgan fingerprint density at radius 1 is 1.29 bits per heavy atom. The van der Waals surface area contributed by atoms with Gasteiger partial charge in [0.2, 0.25) is 0 Å². The molecule has 0 atom stereocenters. The summed E-state index contributed by atoms with van der Waals surface area (Å²) in [6.07, 6.45) is 1.70. The standard InChI is InChI=1S/C12H9BrClFN2/c13-8-4-5-9(16-6-8)7-17-11-3-1-2-10(14)12(11)15/h1-6,17H,7H2. The summed E-state index contributed by atoms with van der Waals surface area (Å²) in [6.45, 7) is 0.449. The predicted octanol–water partition coefficient (Wildman–Crippen LogP) is 4.25. The van der Waals surface area contributed by atoms with Gasteiger partial charge in [0, 0.05) is 10.7 Å². The number of hydrogen-bond donors (Lipinski definition) is 1. The molecule has 5 heteroatoms. The summed E-state index contributed by atoms with van der Waals surface area (Å²) in [5.41, 5.74) is 1.20. The molecule has 2 nitrogen and oxygen atoms in total. The molecule has 1 N–H and O–H groups in total. The van der Waals surface area contributed by atoms with Crippen LogP contribution in [0.3, 0.4) is 0 Å². The number of nitrogens with one attached hydrogen (secondary N) is 1. The lowest BCUT2D eigenvalue weighted by Crippen LogP contribution is -2.03. The van der Waals surface area contributed by atoms with Gasteiger partial charge in [0.05, 0.1) is 22.9 Å². The third-order valence-electron chi connectivity index (χ3n) is 2.20. The summed E-state index contributed by atoms with van der Waals surface area (Å²) in [4.78, 5) is 4.18. The van der Waals surface area contributed by atoms with Crippen molar-refractivity contribution in [2.45, 2.75) is 6.54 Å². The normalized spacial score (nSPS) is 10.3. The second-order valence-corrected chi connectivity index (χ2v) is 4.75. The van der Waals surface area contributed by atoms with Crippen LogP contribution in [0, 0.1) is 5.82 Å². The predicted molar refractivity (Wildman–Crippen MR) is 70.7 cm³/mol. The van der Waals surface area contributed by atoms with Crippen molar-refractivity contribution in [1.29, 1.82) is 0 Å². The molecule has 88 valence electrons. The summed E-state index contributed by atoms with van der Waals surface area (Å²) in [5, 5.41) is 3.06. The molecule has 0 aliphatic heterocycles. The Bertz CT molecular complexity index is 516. The molecule has 1 heterocycles. The van der Waals surface area contributed by atoms with Gasteiger partial charge in [-0.05, 0) is 40.2 Å². The lowest BCUT2D eigenvalue weighted by Gasteiger charge is -2.07. The van der Waals surface area contributed by atoms with Crippen LogP contribution < -0.4 is 5.32 Å². The van der Waals surface area contributed by atoms with Gasteiger partial charge in [-0.3, -0.25) is 4.98 Å². The van der Waals surface area contributed by atoms with Crippen molar-refractivity contribution in [3.8, 4) is 0 Å². The Labute approximate surface area is 112 Å². The molecule has 0 saturated carbocycles. The first-order valence-electron chi connectivity index (χ1n) is 4.95. The van der Waals surface area contributed by atoms with Crippen LogP contribution in [0.4, 0.5) is 10.1 Å². The van der Waals surface area contributed by atoms with E-state index in [2.05, 4.69) is 26.2 Å². The molecule has 17 heavy (non-hydrogen) atoms. The molecule has 0 amide bonds. The first-order valence-corrected chi connectivity index (χ1v) is 6.12. The number of hydrogen-bond acceptors (Lipinski definition) is 2. The van der Waals surface area contributed by atoms with Gasteiger partial charge in [0.15, 0.2) is 5.82 Å². The number of pyridine rings is 1. The van der Waals surface area contributed by atoms with E-state index in [1.165, 1.54) is 6.07 Å². The van der Waals surface area contributed by atoms with E-state index in [-0.39, 0.29) is 5.02 Å². The Morgan fingerprint density at radius 3 is 2.82 bits per heavy atom. The van der Waals surface area contributed by atoms with Crippen molar-refractivity contribution in [3.63, 3.8) is 0 Å². The van der Waals surface area contributed by atoms with E-state index in [0.717, 1.165) is 10.2 Å². The van der Waals surface area contributed by atoms with Crippen molar-refractivity contribution in [1.82, 2.24) is 4.98 Å². The van der Waals surface area contributed by atoms with Crippen molar-refractivity contribution in [3.05, 3.63) is 57.5 Å². The maximum absolute atomic E-state index is 13.5. The van der Waals surface area contributed by atoms with E-state index in [4.69, 9.17) is 11.6 Å². The Hall–Kier alpha value is -1.13. The van der Waals surface area contributed by atoms with Crippen molar-refractivity contribution < 1.29 is 4.39 Å². The SMILES string of the molecule is Fc1c(Cl)cccc1NCc1ccc(Br)cn1. The van der Waals surface area contributed by atoms with E-state index in [9.17, 15) is 4.39 Å². The minimum atomic E-state index is -0.439. The van der Waals surface area contributed by atoms with Gasteiger partial charge in [-0.15, -0.1) is 0 Å². The molecule has 0 radical (unpaired) electrons. The first-order chi connectivity index (χ1) is 8.16. The van der Waals surface area contributed by atoms with Crippen LogP contribution in [0.5, 0.6) is 0 Å². The molecule has 0 fully saturated rings.